The van der Waals surface area contributed by atoms with Gasteiger partial charge in [-0.15, -0.1) is 0 Å². The summed E-state index contributed by atoms with van der Waals surface area (Å²) in [6.07, 6.45) is 6.18. The molecule has 4 aromatic heterocycles. The van der Waals surface area contributed by atoms with Crippen molar-refractivity contribution < 1.29 is 28.7 Å². The average molecular weight is 662 g/mol. The van der Waals surface area contributed by atoms with E-state index in [1.54, 1.807) is 94.7 Å². The monoisotopic (exact) mass is 661 g/mol. The number of anilines is 4. The smallest absolute Gasteiger partial charge is 0.412 e. The number of nitrogens with one attached hydrogen (secondary N) is 4. The van der Waals surface area contributed by atoms with Crippen LogP contribution in [0.1, 0.15) is 69.3 Å². The second kappa shape index (κ2) is 13.9. The van der Waals surface area contributed by atoms with Gasteiger partial charge in [0, 0.05) is 66.6 Å². The maximum absolute atomic E-state index is 13.1. The van der Waals surface area contributed by atoms with Crippen LogP contribution in [0.5, 0.6) is 0 Å². The molecule has 0 spiro atoms. The fourth-order valence-corrected chi connectivity index (χ4v) is 4.82. The first-order valence-electron chi connectivity index (χ1n) is 15.0. The molecule has 16 heteroatoms. The number of rotatable bonds is 10. The van der Waals surface area contributed by atoms with Gasteiger partial charge in [-0.05, 0) is 45.4 Å². The van der Waals surface area contributed by atoms with E-state index in [-0.39, 0.29) is 28.9 Å². The first-order valence-corrected chi connectivity index (χ1v) is 15.0. The second-order valence-electron chi connectivity index (χ2n) is 12.3. The van der Waals surface area contributed by atoms with Crippen LogP contribution in [-0.2, 0) is 32.9 Å². The van der Waals surface area contributed by atoms with E-state index in [2.05, 4.69) is 33.2 Å². The summed E-state index contributed by atoms with van der Waals surface area (Å²) in [6, 6.07) is 4.59. The Hall–Kier alpha value is -5.80. The SMILES string of the molecule is [CH2]CCN(C)C(=O)c1cc(NC(=O)c2cc(NC(=O)c3nc(NC(=O)c4cc(NC(=O)OC(C)(C)C)cn4C)cn3C)cn2C)cn1C. The number of nitrogens with zero attached hydrogens (tertiary/aromatic N) is 6. The van der Waals surface area contributed by atoms with E-state index in [0.717, 1.165) is 0 Å². The van der Waals surface area contributed by atoms with Crippen molar-refractivity contribution in [1.82, 2.24) is 28.2 Å². The highest BCUT2D eigenvalue weighted by Gasteiger charge is 2.22. The van der Waals surface area contributed by atoms with E-state index in [1.165, 1.54) is 27.5 Å². The van der Waals surface area contributed by atoms with E-state index in [4.69, 9.17) is 4.74 Å². The summed E-state index contributed by atoms with van der Waals surface area (Å²) >= 11 is 0. The summed E-state index contributed by atoms with van der Waals surface area (Å²) < 4.78 is 11.4. The van der Waals surface area contributed by atoms with Crippen LogP contribution in [0.25, 0.3) is 0 Å². The molecule has 16 nitrogen and oxygen atoms in total. The van der Waals surface area contributed by atoms with Crippen molar-refractivity contribution >= 4 is 52.6 Å². The molecule has 0 aliphatic heterocycles. The highest BCUT2D eigenvalue weighted by atomic mass is 16.6. The topological polar surface area (TPSA) is 179 Å². The van der Waals surface area contributed by atoms with Crippen molar-refractivity contribution in [2.24, 2.45) is 28.2 Å². The van der Waals surface area contributed by atoms with Crippen LogP contribution in [0.2, 0.25) is 0 Å². The lowest BCUT2D eigenvalue weighted by atomic mass is 10.2. The minimum Gasteiger partial charge on any atom is -0.444 e. The molecule has 0 aromatic carbocycles. The largest absolute Gasteiger partial charge is 0.444 e. The Morgan fingerprint density at radius 2 is 1.21 bits per heavy atom. The number of aryl methyl sites for hydroxylation is 4. The fourth-order valence-electron chi connectivity index (χ4n) is 4.82. The van der Waals surface area contributed by atoms with Gasteiger partial charge in [0.2, 0.25) is 5.82 Å². The molecule has 0 saturated carbocycles. The maximum Gasteiger partial charge on any atom is 0.412 e. The number of hydrogen-bond acceptors (Lipinski definition) is 7. The minimum absolute atomic E-state index is 0.00428. The zero-order valence-corrected chi connectivity index (χ0v) is 28.3. The molecule has 4 aromatic rings. The number of ether oxygens (including phenoxy) is 1. The molecule has 0 unspecified atom stereocenters. The van der Waals surface area contributed by atoms with Gasteiger partial charge in [-0.25, -0.2) is 9.78 Å². The third kappa shape index (κ3) is 8.31. The molecule has 1 radical (unpaired) electrons. The molecule has 0 fully saturated rings. The Morgan fingerprint density at radius 1 is 0.729 bits per heavy atom. The number of aromatic nitrogens is 5. The first-order chi connectivity index (χ1) is 22.4. The normalized spacial score (nSPS) is 11.2. The van der Waals surface area contributed by atoms with E-state index >= 15 is 0 Å². The molecule has 4 rings (SSSR count). The summed E-state index contributed by atoms with van der Waals surface area (Å²) in [7, 11) is 8.31. The van der Waals surface area contributed by atoms with Crippen LogP contribution in [0.4, 0.5) is 27.7 Å². The minimum atomic E-state index is -0.681. The van der Waals surface area contributed by atoms with Crippen molar-refractivity contribution in [2.75, 3.05) is 34.9 Å². The van der Waals surface area contributed by atoms with Gasteiger partial charge in [0.05, 0.1) is 17.1 Å². The zero-order chi connectivity index (χ0) is 35.5. The zero-order valence-electron chi connectivity index (χ0n) is 28.3. The number of hydrogen-bond donors (Lipinski definition) is 4. The molecule has 0 saturated heterocycles. The lowest BCUT2D eigenvalue weighted by molar-refractivity contribution is 0.0634. The Kier molecular flexibility index (Phi) is 10.2. The summed E-state index contributed by atoms with van der Waals surface area (Å²) in [4.78, 5) is 69.9. The predicted octanol–water partition coefficient (Wildman–Crippen LogP) is 3.84. The number of imidazole rings is 1. The fraction of sp³-hybridized carbons (Fsp3) is 0.344. The third-order valence-corrected chi connectivity index (χ3v) is 7.02. The van der Waals surface area contributed by atoms with Gasteiger partial charge >= 0.3 is 6.09 Å². The van der Waals surface area contributed by atoms with Gasteiger partial charge in [-0.1, -0.05) is 6.92 Å². The van der Waals surface area contributed by atoms with Crippen LogP contribution in [0, 0.1) is 6.92 Å². The standard InChI is InChI=1S/C32H41N10O6/c1-10-11-38(5)30(46)24-14-20(16-41(24)8)33-27(43)22-12-19(15-39(22)6)34-29(45)26-36-25(18-42(26)9)37-28(44)23-13-21(17-40(23)7)35-31(47)48-32(2,3)4/h12-18H,1,10-11H2,2-9H3,(H,33,43)(H,34,45)(H,35,47)(H,37,44). The van der Waals surface area contributed by atoms with Crippen molar-refractivity contribution in [3.05, 3.63) is 72.8 Å². The molecule has 255 valence electrons. The summed E-state index contributed by atoms with van der Waals surface area (Å²) in [5.41, 5.74) is 1.36. The van der Waals surface area contributed by atoms with Crippen LogP contribution in [0.3, 0.4) is 0 Å². The van der Waals surface area contributed by atoms with Crippen molar-refractivity contribution in [3.63, 3.8) is 0 Å². The van der Waals surface area contributed by atoms with E-state index in [9.17, 15) is 24.0 Å². The van der Waals surface area contributed by atoms with Crippen LogP contribution in [0.15, 0.2) is 43.0 Å². The van der Waals surface area contributed by atoms with Gasteiger partial charge in [0.1, 0.15) is 22.7 Å². The lowest BCUT2D eigenvalue weighted by Gasteiger charge is -2.19. The van der Waals surface area contributed by atoms with E-state index < -0.39 is 29.4 Å². The highest BCUT2D eigenvalue weighted by Crippen LogP contribution is 2.20. The summed E-state index contributed by atoms with van der Waals surface area (Å²) in [6.45, 7) is 9.51. The van der Waals surface area contributed by atoms with Gasteiger partial charge in [0.25, 0.3) is 23.6 Å². The summed E-state index contributed by atoms with van der Waals surface area (Å²) in [5.74, 6) is -1.59. The first kappa shape index (κ1) is 35.1. The predicted molar refractivity (Wildman–Crippen MR) is 180 cm³/mol. The molecule has 5 amide bonds. The lowest BCUT2D eigenvalue weighted by Crippen LogP contribution is -2.28. The molecular weight excluding hydrogens is 620 g/mol. The average Bonchev–Trinajstić information content (AvgIpc) is 3.72. The van der Waals surface area contributed by atoms with Gasteiger partial charge in [-0.3, -0.25) is 24.5 Å². The molecule has 4 heterocycles. The molecule has 0 bridgehead atoms. The van der Waals surface area contributed by atoms with Crippen LogP contribution in [-0.4, -0.2) is 77.1 Å². The Labute approximate surface area is 278 Å². The van der Waals surface area contributed by atoms with Crippen LogP contribution >= 0.6 is 0 Å². The molecular formula is C32H41N10O6. The molecule has 4 N–H and O–H groups in total. The number of carbonyl (C=O) groups is 5. The van der Waals surface area contributed by atoms with Gasteiger partial charge in [0.15, 0.2) is 5.82 Å². The van der Waals surface area contributed by atoms with Crippen LogP contribution < -0.4 is 21.3 Å². The second-order valence-corrected chi connectivity index (χ2v) is 12.3. The van der Waals surface area contributed by atoms with Crippen molar-refractivity contribution in [3.8, 4) is 0 Å². The molecule has 0 atom stereocenters. The Balaban J connectivity index is 1.39. The molecule has 0 aliphatic rings. The van der Waals surface area contributed by atoms with E-state index in [0.29, 0.717) is 35.7 Å². The van der Waals surface area contributed by atoms with Crippen molar-refractivity contribution in [2.45, 2.75) is 32.8 Å². The Morgan fingerprint density at radius 3 is 1.75 bits per heavy atom. The van der Waals surface area contributed by atoms with Crippen molar-refractivity contribution in [1.29, 1.82) is 0 Å². The van der Waals surface area contributed by atoms with E-state index in [1.807, 2.05) is 0 Å². The quantitative estimate of drug-likeness (QED) is 0.199. The number of amides is 5. The highest BCUT2D eigenvalue weighted by molar-refractivity contribution is 6.07. The molecule has 0 aliphatic carbocycles. The molecule has 48 heavy (non-hydrogen) atoms. The van der Waals surface area contributed by atoms with Gasteiger partial charge < -0.3 is 43.9 Å². The third-order valence-electron chi connectivity index (χ3n) is 7.02. The van der Waals surface area contributed by atoms with Gasteiger partial charge in [-0.2, -0.15) is 0 Å². The Bertz CT molecular complexity index is 1870. The maximum atomic E-state index is 13.1. The number of carbonyl (C=O) groups excluding carboxylic acids is 5. The summed E-state index contributed by atoms with van der Waals surface area (Å²) in [5, 5.41) is 10.8.